The van der Waals surface area contributed by atoms with Crippen molar-refractivity contribution in [3.05, 3.63) is 82.2 Å². The molecule has 0 saturated heterocycles. The van der Waals surface area contributed by atoms with Crippen LogP contribution in [0.25, 0.3) is 0 Å². The molecule has 0 radical (unpaired) electrons. The van der Waals surface area contributed by atoms with Gasteiger partial charge in [-0.05, 0) is 36.2 Å². The Morgan fingerprint density at radius 1 is 1.17 bits per heavy atom. The van der Waals surface area contributed by atoms with E-state index in [1.165, 1.54) is 12.1 Å². The van der Waals surface area contributed by atoms with Crippen molar-refractivity contribution in [2.75, 3.05) is 0 Å². The van der Waals surface area contributed by atoms with Crippen molar-refractivity contribution >= 4 is 11.6 Å². The van der Waals surface area contributed by atoms with Crippen molar-refractivity contribution in [2.24, 2.45) is 0 Å². The monoisotopic (exact) mass is 331 g/mol. The summed E-state index contributed by atoms with van der Waals surface area (Å²) in [5.74, 6) is 0.790. The van der Waals surface area contributed by atoms with Gasteiger partial charge in [0.15, 0.2) is 5.82 Å². The summed E-state index contributed by atoms with van der Waals surface area (Å²) in [5.41, 5.74) is 1.80. The van der Waals surface area contributed by atoms with Gasteiger partial charge in [-0.15, -0.1) is 0 Å². The molecule has 0 spiro atoms. The molecule has 0 aliphatic heterocycles. The molecule has 0 aliphatic carbocycles. The SMILES string of the molecule is Cc1noc(CN[C@@H](c2ccc(F)cc2)c2ccccc2Cl)n1. The smallest absolute Gasteiger partial charge is 0.240 e. The normalized spacial score (nSPS) is 12.3. The van der Waals surface area contributed by atoms with Crippen LogP contribution in [-0.2, 0) is 6.54 Å². The maximum atomic E-state index is 13.2. The first kappa shape index (κ1) is 15.6. The van der Waals surface area contributed by atoms with Crippen molar-refractivity contribution in [3.8, 4) is 0 Å². The zero-order chi connectivity index (χ0) is 16.2. The van der Waals surface area contributed by atoms with Crippen LogP contribution in [0.3, 0.4) is 0 Å². The van der Waals surface area contributed by atoms with Gasteiger partial charge in [-0.3, -0.25) is 5.32 Å². The number of halogens is 2. The first-order valence-electron chi connectivity index (χ1n) is 7.16. The van der Waals surface area contributed by atoms with Gasteiger partial charge < -0.3 is 4.52 Å². The quantitative estimate of drug-likeness (QED) is 0.766. The minimum atomic E-state index is -0.279. The van der Waals surface area contributed by atoms with Crippen molar-refractivity contribution in [1.82, 2.24) is 15.5 Å². The molecule has 4 nitrogen and oxygen atoms in total. The molecule has 0 amide bonds. The van der Waals surface area contributed by atoms with Crippen molar-refractivity contribution < 1.29 is 8.91 Å². The molecular weight excluding hydrogens is 317 g/mol. The van der Waals surface area contributed by atoms with E-state index in [9.17, 15) is 4.39 Å². The second kappa shape index (κ2) is 6.89. The van der Waals surface area contributed by atoms with Gasteiger partial charge in [0, 0.05) is 5.02 Å². The highest BCUT2D eigenvalue weighted by Crippen LogP contribution is 2.28. The highest BCUT2D eigenvalue weighted by Gasteiger charge is 2.17. The van der Waals surface area contributed by atoms with E-state index >= 15 is 0 Å². The van der Waals surface area contributed by atoms with Gasteiger partial charge in [-0.1, -0.05) is 47.1 Å². The Hall–Kier alpha value is -2.24. The van der Waals surface area contributed by atoms with Crippen molar-refractivity contribution in [1.29, 1.82) is 0 Å². The minimum Gasteiger partial charge on any atom is -0.338 e. The molecule has 0 bridgehead atoms. The Balaban J connectivity index is 1.90. The highest BCUT2D eigenvalue weighted by molar-refractivity contribution is 6.31. The molecule has 1 heterocycles. The average Bonchev–Trinajstić information content (AvgIpc) is 2.96. The standard InChI is InChI=1S/C17H15ClFN3O/c1-11-21-16(23-22-11)10-20-17(12-6-8-13(19)9-7-12)14-4-2-3-5-15(14)18/h2-9,17,20H,10H2,1H3/t17-/m0/s1. The van der Waals surface area contributed by atoms with E-state index in [4.69, 9.17) is 16.1 Å². The summed E-state index contributed by atoms with van der Waals surface area (Å²) >= 11 is 6.32. The summed E-state index contributed by atoms with van der Waals surface area (Å²) in [6, 6.07) is 13.6. The van der Waals surface area contributed by atoms with Gasteiger partial charge in [0.05, 0.1) is 12.6 Å². The molecule has 2 aromatic carbocycles. The number of hydrogen-bond acceptors (Lipinski definition) is 4. The maximum absolute atomic E-state index is 13.2. The van der Waals surface area contributed by atoms with Crippen LogP contribution in [0.5, 0.6) is 0 Å². The van der Waals surface area contributed by atoms with E-state index in [1.54, 1.807) is 19.1 Å². The van der Waals surface area contributed by atoms with E-state index in [0.717, 1.165) is 11.1 Å². The topological polar surface area (TPSA) is 51.0 Å². The Labute approximate surface area is 138 Å². The van der Waals surface area contributed by atoms with Gasteiger partial charge in [0.25, 0.3) is 0 Å². The van der Waals surface area contributed by atoms with Crippen LogP contribution in [0.15, 0.2) is 53.1 Å². The lowest BCUT2D eigenvalue weighted by Crippen LogP contribution is -2.22. The predicted octanol–water partition coefficient (Wildman–Crippen LogP) is 4.05. The number of rotatable bonds is 5. The molecular formula is C17H15ClFN3O. The summed E-state index contributed by atoms with van der Waals surface area (Å²) in [7, 11) is 0. The summed E-state index contributed by atoms with van der Waals surface area (Å²) in [6.07, 6.45) is 0. The molecule has 118 valence electrons. The first-order valence-corrected chi connectivity index (χ1v) is 7.54. The summed E-state index contributed by atoms with van der Waals surface area (Å²) in [6.45, 7) is 2.15. The Bertz CT molecular complexity index is 789. The molecule has 1 atom stereocenters. The van der Waals surface area contributed by atoms with Crippen LogP contribution < -0.4 is 5.32 Å². The highest BCUT2D eigenvalue weighted by atomic mass is 35.5. The van der Waals surface area contributed by atoms with Gasteiger partial charge >= 0.3 is 0 Å². The molecule has 3 aromatic rings. The second-order valence-corrected chi connectivity index (χ2v) is 5.53. The average molecular weight is 332 g/mol. The molecule has 0 saturated carbocycles. The van der Waals surface area contributed by atoms with Crippen LogP contribution in [0, 0.1) is 12.7 Å². The lowest BCUT2D eigenvalue weighted by molar-refractivity contribution is 0.359. The van der Waals surface area contributed by atoms with Crippen molar-refractivity contribution in [2.45, 2.75) is 19.5 Å². The Morgan fingerprint density at radius 3 is 2.57 bits per heavy atom. The van der Waals surface area contributed by atoms with Gasteiger partial charge in [0.2, 0.25) is 5.89 Å². The van der Waals surface area contributed by atoms with Crippen LogP contribution in [0.1, 0.15) is 28.9 Å². The third-order valence-corrected chi connectivity index (χ3v) is 3.79. The molecule has 0 aliphatic rings. The fourth-order valence-corrected chi connectivity index (χ4v) is 2.62. The fraction of sp³-hybridized carbons (Fsp3) is 0.176. The van der Waals surface area contributed by atoms with Crippen molar-refractivity contribution in [3.63, 3.8) is 0 Å². The lowest BCUT2D eigenvalue weighted by atomic mass is 9.98. The third-order valence-electron chi connectivity index (χ3n) is 3.45. The second-order valence-electron chi connectivity index (χ2n) is 5.12. The maximum Gasteiger partial charge on any atom is 0.240 e. The van der Waals surface area contributed by atoms with E-state index in [0.29, 0.717) is 23.3 Å². The summed E-state index contributed by atoms with van der Waals surface area (Å²) in [4.78, 5) is 4.17. The molecule has 0 unspecified atom stereocenters. The minimum absolute atomic E-state index is 0.212. The number of hydrogen-bond donors (Lipinski definition) is 1. The number of aromatic nitrogens is 2. The fourth-order valence-electron chi connectivity index (χ4n) is 2.37. The largest absolute Gasteiger partial charge is 0.338 e. The predicted molar refractivity (Wildman–Crippen MR) is 85.6 cm³/mol. The van der Waals surface area contributed by atoms with E-state index < -0.39 is 0 Å². The van der Waals surface area contributed by atoms with Gasteiger partial charge in [-0.2, -0.15) is 4.98 Å². The van der Waals surface area contributed by atoms with Crippen LogP contribution in [-0.4, -0.2) is 10.1 Å². The van der Waals surface area contributed by atoms with Crippen LogP contribution >= 0.6 is 11.6 Å². The molecule has 1 aromatic heterocycles. The number of aryl methyl sites for hydroxylation is 1. The summed E-state index contributed by atoms with van der Waals surface area (Å²) < 4.78 is 18.3. The van der Waals surface area contributed by atoms with E-state index in [1.807, 2.05) is 24.3 Å². The zero-order valence-corrected chi connectivity index (χ0v) is 13.2. The molecule has 0 fully saturated rings. The molecule has 23 heavy (non-hydrogen) atoms. The van der Waals surface area contributed by atoms with E-state index in [2.05, 4.69) is 15.5 Å². The number of nitrogens with one attached hydrogen (secondary N) is 1. The molecule has 1 N–H and O–H groups in total. The Morgan fingerprint density at radius 2 is 1.91 bits per heavy atom. The Kier molecular flexibility index (Phi) is 4.69. The summed E-state index contributed by atoms with van der Waals surface area (Å²) in [5, 5.41) is 7.74. The molecule has 3 rings (SSSR count). The van der Waals surface area contributed by atoms with Crippen LogP contribution in [0.4, 0.5) is 4.39 Å². The molecule has 6 heteroatoms. The zero-order valence-electron chi connectivity index (χ0n) is 12.5. The lowest BCUT2D eigenvalue weighted by Gasteiger charge is -2.20. The van der Waals surface area contributed by atoms with Crippen LogP contribution in [0.2, 0.25) is 5.02 Å². The van der Waals surface area contributed by atoms with E-state index in [-0.39, 0.29) is 11.9 Å². The third kappa shape index (κ3) is 3.75. The number of benzene rings is 2. The van der Waals surface area contributed by atoms with Gasteiger partial charge in [0.1, 0.15) is 5.82 Å². The number of nitrogens with zero attached hydrogens (tertiary/aromatic N) is 2. The first-order chi connectivity index (χ1) is 11.1. The van der Waals surface area contributed by atoms with Gasteiger partial charge in [-0.25, -0.2) is 4.39 Å².